The number of benzene rings is 3. The van der Waals surface area contributed by atoms with Gasteiger partial charge in [-0.1, -0.05) is 56.3 Å². The Bertz CT molecular complexity index is 1440. The highest BCUT2D eigenvalue weighted by atomic mass is 32.2. The summed E-state index contributed by atoms with van der Waals surface area (Å²) in [6.45, 7) is 7.30. The Kier molecular flexibility index (Phi) is 10.0. The standard InChI is InChI=1S/C29H34N4O6S/c1-21(2)18-30-29(35)23(4)31(19-24-11-9-8-10-22(24)3)28(34)20-32(25-14-16-26(17-15-25)33(36)37)40(38,39)27-12-6-5-7-13-27/h5-17,21,23H,18-20H2,1-4H3,(H,30,35)/t23-/m0/s1. The summed E-state index contributed by atoms with van der Waals surface area (Å²) >= 11 is 0. The first kappa shape index (κ1) is 30.3. The second-order valence-corrected chi connectivity index (χ2v) is 11.7. The van der Waals surface area contributed by atoms with Crippen molar-refractivity contribution in [1.82, 2.24) is 10.2 Å². The Hall–Kier alpha value is -4.25. The highest BCUT2D eigenvalue weighted by Gasteiger charge is 2.32. The lowest BCUT2D eigenvalue weighted by Gasteiger charge is -2.32. The summed E-state index contributed by atoms with van der Waals surface area (Å²) in [7, 11) is -4.25. The van der Waals surface area contributed by atoms with Crippen molar-refractivity contribution in [2.75, 3.05) is 17.4 Å². The van der Waals surface area contributed by atoms with Crippen molar-refractivity contribution in [3.8, 4) is 0 Å². The molecule has 3 aromatic rings. The number of anilines is 1. The number of carbonyl (C=O) groups excluding carboxylic acids is 2. The van der Waals surface area contributed by atoms with Gasteiger partial charge < -0.3 is 10.2 Å². The summed E-state index contributed by atoms with van der Waals surface area (Å²) in [5.74, 6) is -0.762. The van der Waals surface area contributed by atoms with E-state index in [1.807, 2.05) is 45.0 Å². The minimum atomic E-state index is -4.25. The lowest BCUT2D eigenvalue weighted by Crippen LogP contribution is -2.51. The summed E-state index contributed by atoms with van der Waals surface area (Å²) < 4.78 is 28.4. The Morgan fingerprint density at radius 2 is 1.52 bits per heavy atom. The van der Waals surface area contributed by atoms with E-state index in [1.165, 1.54) is 41.3 Å². The monoisotopic (exact) mass is 566 g/mol. The van der Waals surface area contributed by atoms with Crippen LogP contribution in [0.1, 0.15) is 31.9 Å². The second kappa shape index (κ2) is 13.2. The molecule has 0 aromatic heterocycles. The van der Waals surface area contributed by atoms with Gasteiger partial charge in [-0.25, -0.2) is 8.42 Å². The van der Waals surface area contributed by atoms with E-state index in [0.717, 1.165) is 15.4 Å². The number of nitro groups is 1. The average molecular weight is 567 g/mol. The lowest BCUT2D eigenvalue weighted by molar-refractivity contribution is -0.384. The number of rotatable bonds is 12. The third kappa shape index (κ3) is 7.44. The summed E-state index contributed by atoms with van der Waals surface area (Å²) in [6.07, 6.45) is 0. The molecule has 0 unspecified atom stereocenters. The van der Waals surface area contributed by atoms with Gasteiger partial charge in [-0.3, -0.25) is 24.0 Å². The molecule has 0 heterocycles. The van der Waals surface area contributed by atoms with Gasteiger partial charge in [-0.15, -0.1) is 0 Å². The molecule has 0 radical (unpaired) electrons. The fraction of sp³-hybridized carbons (Fsp3) is 0.310. The Balaban J connectivity index is 2.03. The number of hydrogen-bond donors (Lipinski definition) is 1. The van der Waals surface area contributed by atoms with E-state index in [1.54, 1.807) is 25.1 Å². The number of nitrogens with zero attached hydrogens (tertiary/aromatic N) is 3. The molecule has 0 aliphatic rings. The van der Waals surface area contributed by atoms with E-state index >= 15 is 0 Å². The fourth-order valence-corrected chi connectivity index (χ4v) is 5.43. The molecule has 40 heavy (non-hydrogen) atoms. The van der Waals surface area contributed by atoms with Gasteiger partial charge >= 0.3 is 0 Å². The number of hydrogen-bond acceptors (Lipinski definition) is 6. The maximum Gasteiger partial charge on any atom is 0.269 e. The molecule has 1 N–H and O–H groups in total. The van der Waals surface area contributed by atoms with E-state index in [-0.39, 0.29) is 34.6 Å². The van der Waals surface area contributed by atoms with Crippen LogP contribution in [0.5, 0.6) is 0 Å². The van der Waals surface area contributed by atoms with Gasteiger partial charge in [0.1, 0.15) is 12.6 Å². The van der Waals surface area contributed by atoms with E-state index < -0.39 is 33.4 Å². The molecule has 0 fully saturated rings. The van der Waals surface area contributed by atoms with Gasteiger partial charge in [0.15, 0.2) is 0 Å². The Labute approximate surface area is 234 Å². The van der Waals surface area contributed by atoms with Crippen molar-refractivity contribution >= 4 is 33.2 Å². The highest BCUT2D eigenvalue weighted by molar-refractivity contribution is 7.92. The summed E-state index contributed by atoms with van der Waals surface area (Å²) in [6, 6.07) is 19.1. The average Bonchev–Trinajstić information content (AvgIpc) is 2.94. The van der Waals surface area contributed by atoms with Gasteiger partial charge in [-0.05, 0) is 55.2 Å². The first-order chi connectivity index (χ1) is 18.9. The summed E-state index contributed by atoms with van der Waals surface area (Å²) in [4.78, 5) is 38.9. The van der Waals surface area contributed by atoms with Crippen LogP contribution in [0.15, 0.2) is 83.8 Å². The van der Waals surface area contributed by atoms with E-state index in [0.29, 0.717) is 6.54 Å². The molecule has 10 nitrogen and oxygen atoms in total. The molecule has 0 saturated carbocycles. The number of aryl methyl sites for hydroxylation is 1. The van der Waals surface area contributed by atoms with Crippen LogP contribution in [0.4, 0.5) is 11.4 Å². The molecular formula is C29H34N4O6S. The zero-order valence-corrected chi connectivity index (χ0v) is 23.8. The molecule has 0 spiro atoms. The van der Waals surface area contributed by atoms with Gasteiger partial charge in [-0.2, -0.15) is 0 Å². The number of amides is 2. The number of non-ortho nitro benzene ring substituents is 1. The largest absolute Gasteiger partial charge is 0.354 e. The first-order valence-electron chi connectivity index (χ1n) is 12.9. The van der Waals surface area contributed by atoms with Crippen LogP contribution in [0.3, 0.4) is 0 Å². The fourth-order valence-electron chi connectivity index (χ4n) is 4.00. The van der Waals surface area contributed by atoms with Crippen molar-refractivity contribution in [1.29, 1.82) is 0 Å². The third-order valence-corrected chi connectivity index (χ3v) is 8.20. The zero-order chi connectivity index (χ0) is 29.4. The maximum absolute atomic E-state index is 13.9. The van der Waals surface area contributed by atoms with Crippen LogP contribution in [0.2, 0.25) is 0 Å². The molecule has 212 valence electrons. The van der Waals surface area contributed by atoms with Crippen LogP contribution in [-0.2, 0) is 26.2 Å². The van der Waals surface area contributed by atoms with Crippen LogP contribution >= 0.6 is 0 Å². The van der Waals surface area contributed by atoms with E-state index in [9.17, 15) is 28.1 Å². The van der Waals surface area contributed by atoms with Crippen LogP contribution in [0, 0.1) is 23.0 Å². The minimum Gasteiger partial charge on any atom is -0.354 e. The van der Waals surface area contributed by atoms with Crippen LogP contribution in [0.25, 0.3) is 0 Å². The molecule has 3 aromatic carbocycles. The van der Waals surface area contributed by atoms with E-state index in [4.69, 9.17) is 0 Å². The first-order valence-corrected chi connectivity index (χ1v) is 14.3. The molecule has 1 atom stereocenters. The van der Waals surface area contributed by atoms with Gasteiger partial charge in [0.2, 0.25) is 11.8 Å². The quantitative estimate of drug-likeness (QED) is 0.257. The molecule has 0 aliphatic heterocycles. The predicted molar refractivity (Wildman–Crippen MR) is 153 cm³/mol. The van der Waals surface area contributed by atoms with Crippen molar-refractivity contribution < 1.29 is 22.9 Å². The number of carbonyl (C=O) groups is 2. The maximum atomic E-state index is 13.9. The van der Waals surface area contributed by atoms with Crippen LogP contribution in [-0.4, -0.2) is 49.2 Å². The number of nitrogens with one attached hydrogen (secondary N) is 1. The predicted octanol–water partition coefficient (Wildman–Crippen LogP) is 4.29. The lowest BCUT2D eigenvalue weighted by atomic mass is 10.1. The van der Waals surface area contributed by atoms with Gasteiger partial charge in [0, 0.05) is 25.2 Å². The molecule has 3 rings (SSSR count). The second-order valence-electron chi connectivity index (χ2n) is 9.86. The van der Waals surface area contributed by atoms with E-state index in [2.05, 4.69) is 5.32 Å². The van der Waals surface area contributed by atoms with Crippen molar-refractivity contribution in [2.24, 2.45) is 5.92 Å². The molecule has 2 amide bonds. The van der Waals surface area contributed by atoms with Crippen molar-refractivity contribution in [3.63, 3.8) is 0 Å². The number of sulfonamides is 1. The normalized spacial score (nSPS) is 12.0. The molecule has 11 heteroatoms. The topological polar surface area (TPSA) is 130 Å². The molecular weight excluding hydrogens is 532 g/mol. The zero-order valence-electron chi connectivity index (χ0n) is 23.0. The van der Waals surface area contributed by atoms with Crippen LogP contribution < -0.4 is 9.62 Å². The summed E-state index contributed by atoms with van der Waals surface area (Å²) in [5.41, 5.74) is 1.59. The SMILES string of the molecule is Cc1ccccc1CN(C(=O)CN(c1ccc([N+](=O)[O-])cc1)S(=O)(=O)c1ccccc1)[C@@H](C)C(=O)NCC(C)C. The van der Waals surface area contributed by atoms with Gasteiger partial charge in [0.25, 0.3) is 15.7 Å². The Morgan fingerprint density at radius 3 is 2.10 bits per heavy atom. The smallest absolute Gasteiger partial charge is 0.269 e. The minimum absolute atomic E-state index is 0.0469. The molecule has 0 aliphatic carbocycles. The summed E-state index contributed by atoms with van der Waals surface area (Å²) in [5, 5.41) is 14.0. The molecule has 0 bridgehead atoms. The number of nitro benzene ring substituents is 1. The molecule has 0 saturated heterocycles. The third-order valence-electron chi connectivity index (χ3n) is 6.41. The Morgan fingerprint density at radius 1 is 0.925 bits per heavy atom. The highest BCUT2D eigenvalue weighted by Crippen LogP contribution is 2.26. The van der Waals surface area contributed by atoms with Gasteiger partial charge in [0.05, 0.1) is 15.5 Å². The van der Waals surface area contributed by atoms with Crippen molar-refractivity contribution in [2.45, 2.75) is 45.2 Å². The van der Waals surface area contributed by atoms with Crippen molar-refractivity contribution in [3.05, 3.63) is 100 Å².